The number of allylic oxidation sites excluding steroid dienone is 4. The normalized spacial score (nSPS) is 21.9. The first kappa shape index (κ1) is 30.4. The molecule has 220 valence electrons. The van der Waals surface area contributed by atoms with E-state index in [1.165, 1.54) is 0 Å². The molecule has 0 spiro atoms. The monoisotopic (exact) mass is 560 g/mol. The lowest BCUT2D eigenvalue weighted by molar-refractivity contribution is -0.404. The summed E-state index contributed by atoms with van der Waals surface area (Å²) in [6, 6.07) is 0. The summed E-state index contributed by atoms with van der Waals surface area (Å²) in [5.74, 6) is 0.0283. The molecule has 0 unspecified atom stereocenters. The minimum Gasteiger partial charge on any atom is -0.370 e. The molecular weight excluding hydrogens is 520 g/mol. The Kier molecular flexibility index (Phi) is 9.10. The molecule has 1 heterocycles. The fraction of sp³-hybridized carbons (Fsp3) is 0.615. The molecule has 4 N–H and O–H groups in total. The second-order valence-electron chi connectivity index (χ2n) is 11.9. The van der Waals surface area contributed by atoms with Gasteiger partial charge in [-0.3, -0.25) is 29.8 Å². The van der Waals surface area contributed by atoms with E-state index in [-0.39, 0.29) is 34.0 Å². The molecule has 0 amide bonds. The topological polar surface area (TPSA) is 175 Å². The summed E-state index contributed by atoms with van der Waals surface area (Å²) < 4.78 is 0. The minimum atomic E-state index is -0.582. The largest absolute Gasteiger partial charge is 0.370 e. The van der Waals surface area contributed by atoms with Gasteiger partial charge in [0.15, 0.2) is 23.2 Å². The van der Waals surface area contributed by atoms with Gasteiger partial charge in [-0.05, 0) is 23.7 Å². The molecule has 0 aromatic rings. The number of ketones is 2. The van der Waals surface area contributed by atoms with Crippen LogP contribution in [0.2, 0.25) is 0 Å². The van der Waals surface area contributed by atoms with Crippen molar-refractivity contribution in [2.45, 2.75) is 53.4 Å². The van der Waals surface area contributed by atoms with Crippen LogP contribution in [0.25, 0.3) is 0 Å². The Labute approximate surface area is 233 Å². The standard InChI is InChI=1S/C26H40N8O6/c1-25(2)11-17(23(19(35)13-25)29-21(27-5)15-33(37)38)31-7-9-32(10-8-31)18-12-26(3,4)14-20(36)24(18)30-22(28-6)16-34(39)40/h15-16,27-30H,7-14H2,1-6H3/b21-15+,22-16+. The SMILES string of the molecule is CN/C(=C\[N+](=O)[O-])NC1=C(N2CCN(C3=C(N/C(=C/[N+](=O)[O-])NC)C(=O)CC(C)(C)C3)CC2)CC(C)(C)CC1=O. The molecule has 2 aliphatic carbocycles. The van der Waals surface area contributed by atoms with Gasteiger partial charge < -0.3 is 31.1 Å². The second kappa shape index (κ2) is 12.0. The van der Waals surface area contributed by atoms with E-state index in [1.807, 2.05) is 27.7 Å². The maximum absolute atomic E-state index is 13.2. The zero-order chi connectivity index (χ0) is 29.8. The molecular formula is C26H40N8O6. The summed E-state index contributed by atoms with van der Waals surface area (Å²) in [6.07, 6.45) is 3.47. The van der Waals surface area contributed by atoms with Crippen LogP contribution in [0.1, 0.15) is 53.4 Å². The quantitative estimate of drug-likeness (QED) is 0.225. The molecule has 1 aliphatic heterocycles. The van der Waals surface area contributed by atoms with E-state index in [0.717, 1.165) is 23.8 Å². The summed E-state index contributed by atoms with van der Waals surface area (Å²) in [5.41, 5.74) is 1.79. The third kappa shape index (κ3) is 7.51. The van der Waals surface area contributed by atoms with E-state index in [9.17, 15) is 29.8 Å². The summed E-state index contributed by atoms with van der Waals surface area (Å²) in [6.45, 7) is 10.4. The molecule has 3 aliphatic rings. The van der Waals surface area contributed by atoms with E-state index in [0.29, 0.717) is 63.3 Å². The van der Waals surface area contributed by atoms with Crippen molar-refractivity contribution in [1.82, 2.24) is 31.1 Å². The van der Waals surface area contributed by atoms with Gasteiger partial charge in [-0.1, -0.05) is 27.7 Å². The molecule has 3 rings (SSSR count). The van der Waals surface area contributed by atoms with Crippen LogP contribution in [0, 0.1) is 31.1 Å². The lowest BCUT2D eigenvalue weighted by Gasteiger charge is -2.45. The minimum absolute atomic E-state index is 0.107. The van der Waals surface area contributed by atoms with E-state index in [4.69, 9.17) is 0 Å². The molecule has 14 heteroatoms. The number of carbonyl (C=O) groups excluding carboxylic acids is 2. The van der Waals surface area contributed by atoms with Crippen molar-refractivity contribution in [1.29, 1.82) is 0 Å². The van der Waals surface area contributed by atoms with Crippen molar-refractivity contribution in [3.8, 4) is 0 Å². The molecule has 0 atom stereocenters. The first-order valence-corrected chi connectivity index (χ1v) is 13.3. The fourth-order valence-electron chi connectivity index (χ4n) is 5.44. The van der Waals surface area contributed by atoms with Crippen molar-refractivity contribution in [3.05, 3.63) is 67.1 Å². The molecule has 0 bridgehead atoms. The van der Waals surface area contributed by atoms with Crippen LogP contribution in [0.3, 0.4) is 0 Å². The Bertz CT molecular complexity index is 1100. The molecule has 40 heavy (non-hydrogen) atoms. The number of hydrogen-bond acceptors (Lipinski definition) is 12. The van der Waals surface area contributed by atoms with Gasteiger partial charge >= 0.3 is 0 Å². The highest BCUT2D eigenvalue weighted by atomic mass is 16.6. The van der Waals surface area contributed by atoms with Crippen LogP contribution in [-0.2, 0) is 9.59 Å². The number of rotatable bonds is 10. The third-order valence-electron chi connectivity index (χ3n) is 7.28. The highest BCUT2D eigenvalue weighted by Crippen LogP contribution is 2.40. The van der Waals surface area contributed by atoms with Gasteiger partial charge in [0.2, 0.25) is 0 Å². The van der Waals surface area contributed by atoms with Gasteiger partial charge in [0.25, 0.3) is 12.4 Å². The Morgan fingerprint density at radius 3 is 1.30 bits per heavy atom. The van der Waals surface area contributed by atoms with Crippen molar-refractivity contribution in [2.24, 2.45) is 10.8 Å². The molecule has 0 saturated carbocycles. The van der Waals surface area contributed by atoms with Crippen LogP contribution in [0.4, 0.5) is 0 Å². The molecule has 0 aromatic heterocycles. The predicted molar refractivity (Wildman–Crippen MR) is 148 cm³/mol. The van der Waals surface area contributed by atoms with Crippen LogP contribution in [0.15, 0.2) is 46.8 Å². The third-order valence-corrected chi connectivity index (χ3v) is 7.28. The Morgan fingerprint density at radius 2 is 1.02 bits per heavy atom. The van der Waals surface area contributed by atoms with Crippen LogP contribution >= 0.6 is 0 Å². The molecule has 14 nitrogen and oxygen atoms in total. The van der Waals surface area contributed by atoms with Crippen molar-refractivity contribution >= 4 is 11.6 Å². The number of nitrogens with zero attached hydrogens (tertiary/aromatic N) is 4. The second-order valence-corrected chi connectivity index (χ2v) is 11.9. The van der Waals surface area contributed by atoms with Crippen molar-refractivity contribution in [2.75, 3.05) is 40.3 Å². The van der Waals surface area contributed by atoms with Crippen LogP contribution < -0.4 is 21.3 Å². The first-order valence-electron chi connectivity index (χ1n) is 13.3. The maximum atomic E-state index is 13.2. The molecule has 0 aromatic carbocycles. The lowest BCUT2D eigenvalue weighted by Crippen LogP contribution is -2.50. The number of Topliss-reactive ketones (excluding diaryl/α,β-unsaturated/α-hetero) is 2. The highest BCUT2D eigenvalue weighted by Gasteiger charge is 2.39. The fourth-order valence-corrected chi connectivity index (χ4v) is 5.44. The summed E-state index contributed by atoms with van der Waals surface area (Å²) in [4.78, 5) is 51.6. The van der Waals surface area contributed by atoms with Crippen LogP contribution in [-0.4, -0.2) is 71.5 Å². The average Bonchev–Trinajstić information content (AvgIpc) is 2.84. The van der Waals surface area contributed by atoms with Gasteiger partial charge in [-0.15, -0.1) is 0 Å². The number of nitrogens with one attached hydrogen (secondary N) is 4. The molecule has 1 saturated heterocycles. The zero-order valence-electron chi connectivity index (χ0n) is 24.0. The molecule has 1 fully saturated rings. The zero-order valence-corrected chi connectivity index (χ0v) is 24.0. The van der Waals surface area contributed by atoms with Crippen molar-refractivity contribution in [3.63, 3.8) is 0 Å². The Morgan fingerprint density at radius 1 is 0.700 bits per heavy atom. The van der Waals surface area contributed by atoms with Gasteiger partial charge in [-0.25, -0.2) is 0 Å². The lowest BCUT2D eigenvalue weighted by atomic mass is 9.76. The van der Waals surface area contributed by atoms with Gasteiger partial charge in [0, 0.05) is 64.5 Å². The number of hydrogen-bond donors (Lipinski definition) is 4. The van der Waals surface area contributed by atoms with Gasteiger partial charge in [0.05, 0.1) is 9.85 Å². The van der Waals surface area contributed by atoms with E-state index < -0.39 is 9.85 Å². The first-order chi connectivity index (χ1) is 18.6. The van der Waals surface area contributed by atoms with Crippen molar-refractivity contribution < 1.29 is 19.4 Å². The average molecular weight is 561 g/mol. The summed E-state index contributed by atoms with van der Waals surface area (Å²) in [7, 11) is 3.09. The summed E-state index contributed by atoms with van der Waals surface area (Å²) in [5, 5.41) is 33.5. The van der Waals surface area contributed by atoms with Crippen LogP contribution in [0.5, 0.6) is 0 Å². The number of piperazine rings is 1. The predicted octanol–water partition coefficient (Wildman–Crippen LogP) is 1.57. The highest BCUT2D eigenvalue weighted by molar-refractivity contribution is 5.97. The van der Waals surface area contributed by atoms with Gasteiger partial charge in [0.1, 0.15) is 11.4 Å². The Hall–Kier alpha value is -4.10. The van der Waals surface area contributed by atoms with E-state index in [2.05, 4.69) is 31.1 Å². The van der Waals surface area contributed by atoms with E-state index >= 15 is 0 Å². The van der Waals surface area contributed by atoms with Gasteiger partial charge in [-0.2, -0.15) is 0 Å². The maximum Gasteiger partial charge on any atom is 0.274 e. The van der Waals surface area contributed by atoms with E-state index in [1.54, 1.807) is 14.1 Å². The summed E-state index contributed by atoms with van der Waals surface area (Å²) >= 11 is 0. The number of nitro groups is 2. The molecule has 0 radical (unpaired) electrons. The Balaban J connectivity index is 1.92. The number of carbonyl (C=O) groups is 2. The smallest absolute Gasteiger partial charge is 0.274 e.